The fourth-order valence-corrected chi connectivity index (χ4v) is 3.60. The van der Waals surface area contributed by atoms with Crippen LogP contribution in [0.15, 0.2) is 24.3 Å². The smallest absolute Gasteiger partial charge is 0.413 e. The van der Waals surface area contributed by atoms with Gasteiger partial charge in [-0.3, -0.25) is 15.1 Å². The zero-order valence-electron chi connectivity index (χ0n) is 19.1. The molecule has 0 aliphatic carbocycles. The number of carbonyl (C=O) groups excluding carboxylic acids is 2. The Morgan fingerprint density at radius 1 is 1.28 bits per heavy atom. The average molecular weight is 505 g/mol. The van der Waals surface area contributed by atoms with Crippen LogP contribution in [0.4, 0.5) is 10.5 Å². The number of nitrogens with zero attached hydrogens (tertiary/aromatic N) is 3. The van der Waals surface area contributed by atoms with Crippen LogP contribution >= 0.6 is 17.0 Å². The van der Waals surface area contributed by atoms with Crippen LogP contribution in [0.3, 0.4) is 0 Å². The van der Waals surface area contributed by atoms with Gasteiger partial charge in [-0.1, -0.05) is 26.8 Å². The highest BCUT2D eigenvalue weighted by molar-refractivity contribution is 8.93. The Balaban J connectivity index is 0.00000363. The number of aryl methyl sites for hydroxylation is 1. The Morgan fingerprint density at radius 3 is 2.53 bits per heavy atom. The molecular weight excluding hydrogens is 476 g/mol. The number of phenolic OH excluding ortho intramolecular Hbond substituents is 1. The van der Waals surface area contributed by atoms with E-state index in [-0.39, 0.29) is 46.6 Å². The number of fused-ring (bicyclic) bond motifs is 1. The highest BCUT2D eigenvalue weighted by atomic mass is 79.9. The maximum Gasteiger partial charge on any atom is 0.413 e. The number of rotatable bonds is 4. The normalized spacial score (nSPS) is 12.8. The molecule has 2 N–H and O–H groups in total. The first kappa shape index (κ1) is 25.3. The molecule has 8 nitrogen and oxygen atoms in total. The van der Waals surface area contributed by atoms with Crippen LogP contribution in [0.2, 0.25) is 0 Å². The number of pyridine rings is 1. The predicted molar refractivity (Wildman–Crippen MR) is 128 cm³/mol. The number of aromatic nitrogens is 1. The highest BCUT2D eigenvalue weighted by Gasteiger charge is 2.30. The van der Waals surface area contributed by atoms with Crippen LogP contribution in [0.5, 0.6) is 5.75 Å². The number of methoxy groups -OCH3 is 1. The SMILES string of the molecule is Br.COC(=O)N(C)c1cc(C(=O)CN2Cc3ccc(C)nc3C2=N)cc(C(C)(C)C)c1O. The van der Waals surface area contributed by atoms with Crippen LogP contribution in [0.1, 0.15) is 53.6 Å². The molecule has 32 heavy (non-hydrogen) atoms. The minimum Gasteiger partial charge on any atom is -0.505 e. The van der Waals surface area contributed by atoms with E-state index >= 15 is 0 Å². The summed E-state index contributed by atoms with van der Waals surface area (Å²) in [6.07, 6.45) is -0.655. The van der Waals surface area contributed by atoms with E-state index in [1.807, 2.05) is 39.8 Å². The number of hydrogen-bond acceptors (Lipinski definition) is 6. The van der Waals surface area contributed by atoms with E-state index in [2.05, 4.69) is 4.98 Å². The van der Waals surface area contributed by atoms with Crippen molar-refractivity contribution < 1.29 is 19.4 Å². The van der Waals surface area contributed by atoms with Crippen LogP contribution in [0, 0.1) is 12.3 Å². The number of amides is 1. The number of ether oxygens (including phenoxy) is 1. The Kier molecular flexibility index (Phi) is 7.34. The molecule has 0 unspecified atom stereocenters. The molecule has 0 saturated heterocycles. The first-order valence-corrected chi connectivity index (χ1v) is 9.96. The Hall–Kier alpha value is -2.94. The maximum atomic E-state index is 13.2. The van der Waals surface area contributed by atoms with Gasteiger partial charge in [0.05, 0.1) is 19.3 Å². The summed E-state index contributed by atoms with van der Waals surface area (Å²) >= 11 is 0. The summed E-state index contributed by atoms with van der Waals surface area (Å²) in [5, 5.41) is 19.2. The lowest BCUT2D eigenvalue weighted by Crippen LogP contribution is -2.31. The van der Waals surface area contributed by atoms with E-state index in [4.69, 9.17) is 10.1 Å². The van der Waals surface area contributed by atoms with Crippen molar-refractivity contribution in [3.05, 3.63) is 52.3 Å². The van der Waals surface area contributed by atoms with E-state index in [9.17, 15) is 14.7 Å². The molecule has 1 aromatic heterocycles. The van der Waals surface area contributed by atoms with Gasteiger partial charge in [0.2, 0.25) is 0 Å². The van der Waals surface area contributed by atoms with E-state index < -0.39 is 11.5 Å². The van der Waals surface area contributed by atoms with Gasteiger partial charge in [-0.25, -0.2) is 9.78 Å². The molecule has 1 amide bonds. The minimum absolute atomic E-state index is 0. The van der Waals surface area contributed by atoms with Crippen molar-refractivity contribution in [2.75, 3.05) is 25.6 Å². The lowest BCUT2D eigenvalue weighted by molar-refractivity contribution is 0.0962. The summed E-state index contributed by atoms with van der Waals surface area (Å²) in [4.78, 5) is 32.5. The van der Waals surface area contributed by atoms with E-state index in [1.54, 1.807) is 11.0 Å². The second-order valence-electron chi connectivity index (χ2n) is 8.76. The standard InChI is InChI=1S/C23H28N4O4.BrH/c1-13-7-8-14-11-27(21(24)19(14)25-13)12-18(28)15-9-16(23(2,3)4)20(29)17(10-15)26(5)22(30)31-6;/h7-10,24,29H,11-12H2,1-6H3;1H. The van der Waals surface area contributed by atoms with Gasteiger partial charge in [0.1, 0.15) is 17.3 Å². The number of hydrogen-bond donors (Lipinski definition) is 2. The van der Waals surface area contributed by atoms with Crippen LogP contribution < -0.4 is 4.90 Å². The van der Waals surface area contributed by atoms with Crippen molar-refractivity contribution >= 4 is 40.4 Å². The molecule has 0 spiro atoms. The second kappa shape index (κ2) is 9.28. The number of anilines is 1. The van der Waals surface area contributed by atoms with E-state index in [0.29, 0.717) is 23.4 Å². The van der Waals surface area contributed by atoms with Gasteiger partial charge >= 0.3 is 6.09 Å². The van der Waals surface area contributed by atoms with Gasteiger partial charge in [0.15, 0.2) is 5.78 Å². The van der Waals surface area contributed by atoms with Crippen molar-refractivity contribution in [1.29, 1.82) is 5.41 Å². The van der Waals surface area contributed by atoms with Crippen LogP contribution in [-0.4, -0.2) is 53.4 Å². The molecule has 2 aromatic rings. The second-order valence-corrected chi connectivity index (χ2v) is 8.76. The summed E-state index contributed by atoms with van der Waals surface area (Å²) in [6.45, 7) is 8.04. The van der Waals surface area contributed by atoms with Crippen molar-refractivity contribution in [1.82, 2.24) is 9.88 Å². The minimum atomic E-state index is -0.655. The molecule has 0 bridgehead atoms. The van der Waals surface area contributed by atoms with Crippen LogP contribution in [-0.2, 0) is 16.7 Å². The number of Topliss-reactive ketones (excluding diaryl/α,β-unsaturated/α-hetero) is 1. The van der Waals surface area contributed by atoms with Gasteiger partial charge in [0, 0.05) is 36.0 Å². The molecule has 0 radical (unpaired) electrons. The lowest BCUT2D eigenvalue weighted by atomic mass is 9.84. The zero-order chi connectivity index (χ0) is 23.1. The van der Waals surface area contributed by atoms with Crippen molar-refractivity contribution in [3.63, 3.8) is 0 Å². The third-order valence-electron chi connectivity index (χ3n) is 5.38. The van der Waals surface area contributed by atoms with E-state index in [1.165, 1.54) is 25.1 Å². The summed E-state index contributed by atoms with van der Waals surface area (Å²) in [5.41, 5.74) is 2.95. The zero-order valence-corrected chi connectivity index (χ0v) is 20.9. The Morgan fingerprint density at radius 2 is 1.94 bits per heavy atom. The molecular formula is C23H29BrN4O4. The number of carbonyl (C=O) groups is 2. The molecule has 1 aliphatic rings. The number of benzene rings is 1. The molecule has 1 aliphatic heterocycles. The van der Waals surface area contributed by atoms with Gasteiger partial charge in [-0.2, -0.15) is 0 Å². The number of ketones is 1. The Labute approximate surface area is 198 Å². The molecule has 9 heteroatoms. The van der Waals surface area contributed by atoms with Gasteiger partial charge in [0.25, 0.3) is 0 Å². The summed E-state index contributed by atoms with van der Waals surface area (Å²) in [7, 11) is 2.73. The van der Waals surface area contributed by atoms with Crippen molar-refractivity contribution in [3.8, 4) is 5.75 Å². The molecule has 2 heterocycles. The third-order valence-corrected chi connectivity index (χ3v) is 5.38. The van der Waals surface area contributed by atoms with Gasteiger partial charge in [-0.05, 0) is 30.5 Å². The fraction of sp³-hybridized carbons (Fsp3) is 0.391. The highest BCUT2D eigenvalue weighted by Crippen LogP contribution is 2.39. The topological polar surface area (TPSA) is 107 Å². The maximum absolute atomic E-state index is 13.2. The first-order chi connectivity index (χ1) is 14.4. The number of nitrogens with one attached hydrogen (secondary N) is 1. The average Bonchev–Trinajstić information content (AvgIpc) is 3.01. The van der Waals surface area contributed by atoms with Crippen molar-refractivity contribution in [2.45, 2.75) is 39.7 Å². The summed E-state index contributed by atoms with van der Waals surface area (Å²) in [6, 6.07) is 6.96. The fourth-order valence-electron chi connectivity index (χ4n) is 3.60. The largest absolute Gasteiger partial charge is 0.505 e. The summed E-state index contributed by atoms with van der Waals surface area (Å²) in [5.74, 6) is -0.0778. The number of amidine groups is 1. The molecule has 0 atom stereocenters. The first-order valence-electron chi connectivity index (χ1n) is 9.96. The number of phenols is 1. The van der Waals surface area contributed by atoms with E-state index in [0.717, 1.165) is 11.3 Å². The number of halogens is 1. The predicted octanol–water partition coefficient (Wildman–Crippen LogP) is 4.20. The summed E-state index contributed by atoms with van der Waals surface area (Å²) < 4.78 is 4.76. The van der Waals surface area contributed by atoms with Crippen LogP contribution in [0.25, 0.3) is 0 Å². The molecule has 0 fully saturated rings. The number of aromatic hydroxyl groups is 1. The van der Waals surface area contributed by atoms with Crippen molar-refractivity contribution in [2.24, 2.45) is 0 Å². The molecule has 3 rings (SSSR count). The van der Waals surface area contributed by atoms with Gasteiger partial charge < -0.3 is 14.7 Å². The molecule has 172 valence electrons. The lowest BCUT2D eigenvalue weighted by Gasteiger charge is -2.26. The van der Waals surface area contributed by atoms with Gasteiger partial charge in [-0.15, -0.1) is 17.0 Å². The third kappa shape index (κ3) is 4.77. The monoisotopic (exact) mass is 504 g/mol. The molecule has 1 aromatic carbocycles. The Bertz CT molecular complexity index is 1080. The molecule has 0 saturated carbocycles. The quantitative estimate of drug-likeness (QED) is 0.604.